The molecule has 0 N–H and O–H groups in total. The molecule has 57 heavy (non-hydrogen) atoms. The Bertz CT molecular complexity index is 2310. The molecule has 1 unspecified atom stereocenters. The van der Waals surface area contributed by atoms with Gasteiger partial charge >= 0.3 is 18.3 Å². The predicted octanol–water partition coefficient (Wildman–Crippen LogP) is 11.8. The zero-order valence-corrected chi connectivity index (χ0v) is 33.2. The molecule has 6 rings (SSSR count). The van der Waals surface area contributed by atoms with Crippen molar-refractivity contribution in [3.8, 4) is 5.75 Å². The van der Waals surface area contributed by atoms with Crippen LogP contribution in [0.15, 0.2) is 90.1 Å². The molecule has 0 bridgehead atoms. The van der Waals surface area contributed by atoms with Crippen LogP contribution in [-0.2, 0) is 16.1 Å². The number of ketones is 1. The predicted molar refractivity (Wildman–Crippen MR) is 218 cm³/mol. The summed E-state index contributed by atoms with van der Waals surface area (Å²) in [7, 11) is 0. The number of anilines is 2. The van der Waals surface area contributed by atoms with Crippen molar-refractivity contribution >= 4 is 39.6 Å². The Morgan fingerprint density at radius 1 is 0.860 bits per heavy atom. The summed E-state index contributed by atoms with van der Waals surface area (Å²) in [6, 6.07) is 25.9. The number of benzene rings is 5. The van der Waals surface area contributed by atoms with Crippen molar-refractivity contribution in [3.63, 3.8) is 0 Å². The Morgan fingerprint density at radius 3 is 2.21 bits per heavy atom. The van der Waals surface area contributed by atoms with Gasteiger partial charge in [0.2, 0.25) is 0 Å². The van der Waals surface area contributed by atoms with Gasteiger partial charge < -0.3 is 14.5 Å². The Kier molecular flexibility index (Phi) is 12.5. The summed E-state index contributed by atoms with van der Waals surface area (Å²) >= 11 is 0. The van der Waals surface area contributed by atoms with Crippen LogP contribution < -0.4 is 9.64 Å². The SMILES string of the molecule is CCCCC(CC)CN1c2ccc(/C(=N\OC(C)=O)c3ccccc3OCC(F)(F)C(F)F)cc2Cc2cc(C(=O)c3c(C)cc(C)cc3C)c3ccccc3c21. The maximum Gasteiger partial charge on any atom is 0.340 e. The number of fused-ring (bicyclic) bond motifs is 4. The van der Waals surface area contributed by atoms with Gasteiger partial charge in [0.1, 0.15) is 11.5 Å². The lowest BCUT2D eigenvalue weighted by Crippen LogP contribution is -2.34. The van der Waals surface area contributed by atoms with Gasteiger partial charge in [-0.2, -0.15) is 8.78 Å². The average Bonchev–Trinajstić information content (AvgIpc) is 3.17. The van der Waals surface area contributed by atoms with Crippen LogP contribution in [0.2, 0.25) is 0 Å². The molecular weight excluding hydrogens is 733 g/mol. The lowest BCUT2D eigenvalue weighted by molar-refractivity contribution is -0.148. The second-order valence-electron chi connectivity index (χ2n) is 15.0. The standard InChI is InChI=1S/C47H48F4N2O4/c1-7-9-14-32(8-2)26-53-40-20-19-33(43(52-57-31(6)54)38-17-12-13-18-41(38)56-27-47(50,51)46(48)49)23-34(40)24-35-25-39(36-15-10-11-16-37(36)44(35)53)45(55)42-29(4)21-28(3)22-30(42)5/h10-13,15-23,25,32,46H,7-9,14,24,26-27H2,1-6H3/b52-43+. The van der Waals surface area contributed by atoms with E-state index in [0.29, 0.717) is 29.0 Å². The quantitative estimate of drug-likeness (QED) is 0.0348. The molecule has 1 heterocycles. The van der Waals surface area contributed by atoms with Crippen LogP contribution in [0.25, 0.3) is 10.8 Å². The highest BCUT2D eigenvalue weighted by molar-refractivity contribution is 6.20. The smallest absolute Gasteiger partial charge is 0.340 e. The third kappa shape index (κ3) is 8.75. The number of nitrogens with zero attached hydrogens (tertiary/aromatic N) is 2. The third-order valence-electron chi connectivity index (χ3n) is 10.7. The number of alkyl halides is 4. The Balaban J connectivity index is 1.52. The Labute approximate surface area is 331 Å². The first kappa shape index (κ1) is 41.1. The number of hydrogen-bond acceptors (Lipinski definition) is 6. The summed E-state index contributed by atoms with van der Waals surface area (Å²) in [6.07, 6.45) is 0.715. The number of carbonyl (C=O) groups excluding carboxylic acids is 2. The summed E-state index contributed by atoms with van der Waals surface area (Å²) < 4.78 is 59.4. The largest absolute Gasteiger partial charge is 0.486 e. The molecule has 0 fully saturated rings. The lowest BCUT2D eigenvalue weighted by atomic mass is 9.84. The maximum absolute atomic E-state index is 14.6. The molecule has 0 saturated heterocycles. The summed E-state index contributed by atoms with van der Waals surface area (Å²) in [5.74, 6) is -4.91. The first-order valence-corrected chi connectivity index (χ1v) is 19.5. The first-order valence-electron chi connectivity index (χ1n) is 19.5. The van der Waals surface area contributed by atoms with Crippen molar-refractivity contribution in [3.05, 3.63) is 135 Å². The highest BCUT2D eigenvalue weighted by Gasteiger charge is 2.42. The molecule has 5 aromatic rings. The molecule has 0 radical (unpaired) electrons. The van der Waals surface area contributed by atoms with Crippen molar-refractivity contribution in [2.45, 2.75) is 86.0 Å². The summed E-state index contributed by atoms with van der Waals surface area (Å²) in [5, 5.41) is 5.99. The van der Waals surface area contributed by atoms with Gasteiger partial charge in [0, 0.05) is 53.2 Å². The highest BCUT2D eigenvalue weighted by atomic mass is 19.3. The van der Waals surface area contributed by atoms with E-state index >= 15 is 0 Å². The Hall–Kier alpha value is -5.51. The molecule has 298 valence electrons. The number of unbranched alkanes of at least 4 members (excludes halogenated alkanes) is 1. The van der Waals surface area contributed by atoms with E-state index in [1.54, 1.807) is 6.07 Å². The lowest BCUT2D eigenvalue weighted by Gasteiger charge is -2.37. The van der Waals surface area contributed by atoms with Gasteiger partial charge in [-0.15, -0.1) is 0 Å². The number of aryl methyl sites for hydroxylation is 3. The van der Waals surface area contributed by atoms with Crippen LogP contribution in [0.1, 0.15) is 101 Å². The van der Waals surface area contributed by atoms with Gasteiger partial charge in [-0.05, 0) is 91.1 Å². The zero-order chi connectivity index (χ0) is 41.0. The van der Waals surface area contributed by atoms with E-state index in [4.69, 9.17) is 9.57 Å². The van der Waals surface area contributed by atoms with E-state index in [9.17, 15) is 27.2 Å². The maximum atomic E-state index is 14.6. The summed E-state index contributed by atoms with van der Waals surface area (Å²) in [5.41, 5.74) is 8.84. The molecule has 10 heteroatoms. The minimum Gasteiger partial charge on any atom is -0.486 e. The monoisotopic (exact) mass is 780 g/mol. The molecular formula is C47H48F4N2O4. The fourth-order valence-electron chi connectivity index (χ4n) is 7.95. The van der Waals surface area contributed by atoms with Crippen molar-refractivity contribution in [2.75, 3.05) is 18.1 Å². The van der Waals surface area contributed by atoms with Crippen LogP contribution >= 0.6 is 0 Å². The van der Waals surface area contributed by atoms with Crippen LogP contribution in [0.4, 0.5) is 28.9 Å². The molecule has 0 amide bonds. The number of hydrogen-bond donors (Lipinski definition) is 0. The normalized spacial score (nSPS) is 13.4. The van der Waals surface area contributed by atoms with E-state index in [0.717, 1.165) is 82.2 Å². The highest BCUT2D eigenvalue weighted by Crippen LogP contribution is 2.46. The van der Waals surface area contributed by atoms with Gasteiger partial charge in [0.05, 0.1) is 5.69 Å². The van der Waals surface area contributed by atoms with Crippen LogP contribution in [0.3, 0.4) is 0 Å². The fraction of sp³-hybridized carbons (Fsp3) is 0.340. The molecule has 1 aliphatic heterocycles. The second-order valence-corrected chi connectivity index (χ2v) is 15.0. The summed E-state index contributed by atoms with van der Waals surface area (Å²) in [4.78, 5) is 34.1. The third-order valence-corrected chi connectivity index (χ3v) is 10.7. The van der Waals surface area contributed by atoms with E-state index in [-0.39, 0.29) is 22.8 Å². The molecule has 0 spiro atoms. The average molecular weight is 781 g/mol. The van der Waals surface area contributed by atoms with Crippen molar-refractivity contribution < 1.29 is 36.7 Å². The molecule has 6 nitrogen and oxygen atoms in total. The van der Waals surface area contributed by atoms with Gasteiger partial charge in [-0.1, -0.05) is 98.4 Å². The van der Waals surface area contributed by atoms with Crippen LogP contribution in [0, 0.1) is 26.7 Å². The van der Waals surface area contributed by atoms with E-state index in [1.165, 1.54) is 25.1 Å². The molecule has 0 aromatic heterocycles. The molecule has 0 saturated carbocycles. The van der Waals surface area contributed by atoms with Crippen molar-refractivity contribution in [1.29, 1.82) is 0 Å². The molecule has 0 aliphatic carbocycles. The molecule has 1 atom stereocenters. The number of oxime groups is 1. The number of halogens is 4. The van der Waals surface area contributed by atoms with Gasteiger partial charge in [0.15, 0.2) is 12.4 Å². The van der Waals surface area contributed by atoms with Gasteiger partial charge in [0.25, 0.3) is 0 Å². The minimum absolute atomic E-state index is 0.0469. The second kappa shape index (κ2) is 17.3. The van der Waals surface area contributed by atoms with Crippen LogP contribution in [0.5, 0.6) is 5.75 Å². The number of carbonyl (C=O) groups is 2. The zero-order valence-electron chi connectivity index (χ0n) is 33.2. The number of para-hydroxylation sites is 1. The van der Waals surface area contributed by atoms with Gasteiger partial charge in [-0.3, -0.25) is 4.79 Å². The van der Waals surface area contributed by atoms with E-state index < -0.39 is 24.9 Å². The Morgan fingerprint density at radius 2 is 1.54 bits per heavy atom. The van der Waals surface area contributed by atoms with E-state index in [2.05, 4.69) is 30.0 Å². The summed E-state index contributed by atoms with van der Waals surface area (Å²) in [6.45, 7) is 10.7. The number of ether oxygens (including phenoxy) is 1. The first-order chi connectivity index (χ1) is 27.2. The van der Waals surface area contributed by atoms with Gasteiger partial charge in [-0.25, -0.2) is 13.6 Å². The topological polar surface area (TPSA) is 68.2 Å². The fourth-order valence-corrected chi connectivity index (χ4v) is 7.95. The minimum atomic E-state index is -4.39. The van der Waals surface area contributed by atoms with Crippen molar-refractivity contribution in [2.24, 2.45) is 11.1 Å². The van der Waals surface area contributed by atoms with Crippen molar-refractivity contribution in [1.82, 2.24) is 0 Å². The number of rotatable bonds is 15. The van der Waals surface area contributed by atoms with E-state index in [1.807, 2.05) is 75.4 Å². The van der Waals surface area contributed by atoms with Crippen LogP contribution in [-0.4, -0.2) is 43.0 Å². The molecule has 1 aliphatic rings. The molecule has 5 aromatic carbocycles.